The Morgan fingerprint density at radius 3 is 2.50 bits per heavy atom. The van der Waals surface area contributed by atoms with Crippen LogP contribution in [0.15, 0.2) is 35.5 Å². The minimum absolute atomic E-state index is 0.147. The molecule has 0 aliphatic rings. The van der Waals surface area contributed by atoms with Crippen LogP contribution in [0.3, 0.4) is 0 Å². The van der Waals surface area contributed by atoms with E-state index in [1.54, 1.807) is 42.9 Å². The molecule has 0 saturated heterocycles. The van der Waals surface area contributed by atoms with Crippen molar-refractivity contribution in [3.8, 4) is 22.5 Å². The van der Waals surface area contributed by atoms with Gasteiger partial charge in [-0.15, -0.1) is 0 Å². The minimum atomic E-state index is -3.75. The highest BCUT2D eigenvalue weighted by molar-refractivity contribution is 7.89. The maximum absolute atomic E-state index is 13.1. The minimum Gasteiger partial charge on any atom is -0.390 e. The zero-order valence-corrected chi connectivity index (χ0v) is 20.1. The summed E-state index contributed by atoms with van der Waals surface area (Å²) < 4.78 is 29.2. The summed E-state index contributed by atoms with van der Waals surface area (Å²) in [7, 11) is -0.423. The molecule has 3 aromatic rings. The smallest absolute Gasteiger partial charge is 0.242 e. The Labute approximate surface area is 189 Å². The van der Waals surface area contributed by atoms with Crippen LogP contribution in [-0.4, -0.2) is 56.8 Å². The molecule has 3 N–H and O–H groups in total. The quantitative estimate of drug-likeness (QED) is 0.557. The lowest BCUT2D eigenvalue weighted by Crippen LogP contribution is -2.32. The molecule has 0 bridgehead atoms. The fraction of sp³-hybridized carbons (Fsp3) is 0.409. The maximum Gasteiger partial charge on any atom is 0.242 e. The first-order chi connectivity index (χ1) is 14.8. The number of nitrogens with two attached hydrogens (primary N) is 1. The van der Waals surface area contributed by atoms with Crippen molar-refractivity contribution in [2.24, 2.45) is 7.05 Å². The highest BCUT2D eigenvalue weighted by Gasteiger charge is 2.24. The Balaban J connectivity index is 2.03. The van der Waals surface area contributed by atoms with Crippen LogP contribution in [0.1, 0.15) is 31.5 Å². The number of anilines is 1. The maximum atomic E-state index is 13.1. The number of aryl methyl sites for hydroxylation is 3. The van der Waals surface area contributed by atoms with Crippen LogP contribution in [0, 0.1) is 13.8 Å². The summed E-state index contributed by atoms with van der Waals surface area (Å²) in [5, 5.41) is 14.3. The van der Waals surface area contributed by atoms with Gasteiger partial charge in [0, 0.05) is 38.0 Å². The molecular weight excluding hydrogens is 428 g/mol. The molecule has 9 nitrogen and oxygen atoms in total. The number of aliphatic hydroxyl groups is 1. The number of benzene rings is 1. The predicted octanol–water partition coefficient (Wildman–Crippen LogP) is 2.52. The fourth-order valence-electron chi connectivity index (χ4n) is 3.33. The second-order valence-electron chi connectivity index (χ2n) is 8.66. The first kappa shape index (κ1) is 23.8. The van der Waals surface area contributed by atoms with Gasteiger partial charge in [0.25, 0.3) is 0 Å². The van der Waals surface area contributed by atoms with Crippen LogP contribution in [0.2, 0.25) is 0 Å². The number of sulfonamides is 1. The average Bonchev–Trinajstić information content (AvgIpc) is 3.04. The summed E-state index contributed by atoms with van der Waals surface area (Å²) in [4.78, 5) is 9.15. The van der Waals surface area contributed by atoms with Crippen molar-refractivity contribution >= 4 is 15.8 Å². The average molecular weight is 459 g/mol. The fourth-order valence-corrected chi connectivity index (χ4v) is 4.53. The van der Waals surface area contributed by atoms with Gasteiger partial charge in [-0.1, -0.05) is 6.07 Å². The zero-order valence-electron chi connectivity index (χ0n) is 19.3. The summed E-state index contributed by atoms with van der Waals surface area (Å²) in [6.07, 6.45) is 3.69. The molecule has 0 spiro atoms. The molecule has 0 aliphatic carbocycles. The second kappa shape index (κ2) is 8.61. The number of nitrogens with zero attached hydrogens (tertiary/aromatic N) is 5. The zero-order chi connectivity index (χ0) is 23.8. The van der Waals surface area contributed by atoms with E-state index < -0.39 is 15.6 Å². The summed E-state index contributed by atoms with van der Waals surface area (Å²) in [6, 6.07) is 4.93. The molecule has 0 aliphatic heterocycles. The summed E-state index contributed by atoms with van der Waals surface area (Å²) in [5.74, 6) is 0.276. The molecule has 0 unspecified atom stereocenters. The molecular formula is C22H30N6O3S. The van der Waals surface area contributed by atoms with Gasteiger partial charge in [-0.25, -0.2) is 22.7 Å². The van der Waals surface area contributed by atoms with E-state index in [1.165, 1.54) is 11.4 Å². The summed E-state index contributed by atoms with van der Waals surface area (Å²) in [5.41, 5.74) is 9.20. The number of hydrogen-bond donors (Lipinski definition) is 2. The van der Waals surface area contributed by atoms with Gasteiger partial charge in [-0.05, 0) is 51.8 Å². The predicted molar refractivity (Wildman–Crippen MR) is 124 cm³/mol. The normalized spacial score (nSPS) is 12.5. The van der Waals surface area contributed by atoms with E-state index in [9.17, 15) is 13.5 Å². The van der Waals surface area contributed by atoms with Crippen molar-refractivity contribution in [3.63, 3.8) is 0 Å². The SMILES string of the molecule is Cc1ccc(S(=O)(=O)N(C)CCC(C)(C)O)cc1-c1cnc(N)c(-c2cn(C)nc2C)n1. The first-order valence-corrected chi connectivity index (χ1v) is 11.7. The highest BCUT2D eigenvalue weighted by Crippen LogP contribution is 2.31. The molecule has 0 radical (unpaired) electrons. The Morgan fingerprint density at radius 1 is 1.22 bits per heavy atom. The van der Waals surface area contributed by atoms with Gasteiger partial charge in [0.15, 0.2) is 0 Å². The highest BCUT2D eigenvalue weighted by atomic mass is 32.2. The molecule has 32 heavy (non-hydrogen) atoms. The van der Waals surface area contributed by atoms with Crippen LogP contribution in [-0.2, 0) is 17.1 Å². The van der Waals surface area contributed by atoms with Crippen molar-refractivity contribution in [2.45, 2.75) is 44.6 Å². The monoisotopic (exact) mass is 458 g/mol. The second-order valence-corrected chi connectivity index (χ2v) is 10.7. The van der Waals surface area contributed by atoms with Gasteiger partial charge in [0.1, 0.15) is 11.5 Å². The van der Waals surface area contributed by atoms with E-state index >= 15 is 0 Å². The van der Waals surface area contributed by atoms with E-state index in [-0.39, 0.29) is 17.3 Å². The van der Waals surface area contributed by atoms with E-state index in [4.69, 9.17) is 10.7 Å². The van der Waals surface area contributed by atoms with Crippen molar-refractivity contribution in [2.75, 3.05) is 19.3 Å². The number of rotatable bonds is 7. The van der Waals surface area contributed by atoms with Gasteiger partial charge in [-0.2, -0.15) is 5.10 Å². The van der Waals surface area contributed by atoms with Gasteiger partial charge >= 0.3 is 0 Å². The molecule has 0 saturated carbocycles. The van der Waals surface area contributed by atoms with Crippen LogP contribution in [0.4, 0.5) is 5.82 Å². The Hall–Kier alpha value is -2.82. The van der Waals surface area contributed by atoms with Crippen molar-refractivity contribution < 1.29 is 13.5 Å². The third kappa shape index (κ3) is 4.98. The number of aromatic nitrogens is 4. The first-order valence-electron chi connectivity index (χ1n) is 10.2. The lowest BCUT2D eigenvalue weighted by molar-refractivity contribution is 0.0670. The Kier molecular flexibility index (Phi) is 6.41. The summed E-state index contributed by atoms with van der Waals surface area (Å²) >= 11 is 0. The van der Waals surface area contributed by atoms with Gasteiger partial charge < -0.3 is 10.8 Å². The molecule has 0 atom stereocenters. The lowest BCUT2D eigenvalue weighted by atomic mass is 10.1. The van der Waals surface area contributed by atoms with E-state index in [2.05, 4.69) is 10.1 Å². The molecule has 3 rings (SSSR count). The topological polar surface area (TPSA) is 127 Å². The molecule has 1 aromatic carbocycles. The van der Waals surface area contributed by atoms with Crippen molar-refractivity contribution in [1.29, 1.82) is 0 Å². The van der Waals surface area contributed by atoms with Crippen LogP contribution >= 0.6 is 0 Å². The summed E-state index contributed by atoms with van der Waals surface area (Å²) in [6.45, 7) is 7.25. The van der Waals surface area contributed by atoms with Crippen LogP contribution < -0.4 is 5.73 Å². The Morgan fingerprint density at radius 2 is 1.91 bits per heavy atom. The number of nitrogen functional groups attached to an aromatic ring is 1. The van der Waals surface area contributed by atoms with Gasteiger partial charge in [-0.3, -0.25) is 4.68 Å². The van der Waals surface area contributed by atoms with E-state index in [0.29, 0.717) is 23.4 Å². The van der Waals surface area contributed by atoms with Crippen molar-refractivity contribution in [1.82, 2.24) is 24.1 Å². The Bertz CT molecular complexity index is 1250. The molecule has 2 heterocycles. The molecule has 2 aromatic heterocycles. The van der Waals surface area contributed by atoms with Crippen LogP contribution in [0.25, 0.3) is 22.5 Å². The molecule has 0 amide bonds. The third-order valence-electron chi connectivity index (χ3n) is 5.30. The largest absolute Gasteiger partial charge is 0.390 e. The molecule has 0 fully saturated rings. The van der Waals surface area contributed by atoms with E-state index in [1.807, 2.05) is 27.1 Å². The van der Waals surface area contributed by atoms with E-state index in [0.717, 1.165) is 16.8 Å². The van der Waals surface area contributed by atoms with Gasteiger partial charge in [0.05, 0.1) is 28.1 Å². The third-order valence-corrected chi connectivity index (χ3v) is 7.15. The van der Waals surface area contributed by atoms with Crippen LogP contribution in [0.5, 0.6) is 0 Å². The standard InChI is InChI=1S/C22H30N6O3S/c1-14-7-8-16(32(30,31)28(6)10-9-22(3,4)29)11-17(14)19-12-24-21(23)20(25-19)18-13-27(5)26-15(18)2/h7-8,11-13,29H,9-10H2,1-6H3,(H2,23,24). The number of hydrogen-bond acceptors (Lipinski definition) is 7. The lowest BCUT2D eigenvalue weighted by Gasteiger charge is -2.23. The molecule has 172 valence electrons. The molecule has 10 heteroatoms. The van der Waals surface area contributed by atoms with Crippen molar-refractivity contribution in [3.05, 3.63) is 41.9 Å². The van der Waals surface area contributed by atoms with Gasteiger partial charge in [0.2, 0.25) is 10.0 Å².